The molecular weight excluding hydrogens is 428 g/mol. The van der Waals surface area contributed by atoms with Crippen molar-refractivity contribution in [1.29, 1.82) is 0 Å². The Hall–Kier alpha value is -4.39. The Bertz CT molecular complexity index is 1300. The quantitative estimate of drug-likeness (QED) is 0.444. The molecule has 1 heterocycles. The smallest absolute Gasteiger partial charge is 0.257 e. The van der Waals surface area contributed by atoms with E-state index < -0.39 is 0 Å². The number of ether oxygens (including phenoxy) is 1. The first-order valence-electron chi connectivity index (χ1n) is 10.9. The van der Waals surface area contributed by atoms with Crippen LogP contribution >= 0.6 is 0 Å². The van der Waals surface area contributed by atoms with E-state index in [9.17, 15) is 9.59 Å². The van der Waals surface area contributed by atoms with Crippen LogP contribution in [-0.4, -0.2) is 47.2 Å². The summed E-state index contributed by atoms with van der Waals surface area (Å²) in [6.45, 7) is 1.88. The zero-order valence-corrected chi connectivity index (χ0v) is 19.4. The molecule has 0 bridgehead atoms. The molecule has 4 aromatic rings. The van der Waals surface area contributed by atoms with Gasteiger partial charge in [-0.2, -0.15) is 5.10 Å². The summed E-state index contributed by atoms with van der Waals surface area (Å²) in [6, 6.07) is 24.5. The monoisotopic (exact) mass is 454 g/mol. The van der Waals surface area contributed by atoms with Gasteiger partial charge >= 0.3 is 0 Å². The molecule has 3 aromatic carbocycles. The number of nitrogens with zero attached hydrogens (tertiary/aromatic N) is 3. The highest BCUT2D eigenvalue weighted by molar-refractivity contribution is 6.03. The van der Waals surface area contributed by atoms with E-state index in [1.807, 2.05) is 85.8 Å². The molecule has 0 aliphatic carbocycles. The standard InChI is InChI=1S/C27H26N4O3/c1-19-13-15-20(16-14-19)28-25(32)18-30(2)27(33)23-17-31(21-9-5-4-6-10-21)29-26(23)22-11-7-8-12-24(22)34-3/h4-17H,18H2,1-3H3,(H,28,32). The molecule has 34 heavy (non-hydrogen) atoms. The number of rotatable bonds is 7. The Kier molecular flexibility index (Phi) is 6.73. The first-order valence-corrected chi connectivity index (χ1v) is 10.9. The molecule has 0 saturated heterocycles. The van der Waals surface area contributed by atoms with E-state index in [0.29, 0.717) is 28.3 Å². The highest BCUT2D eigenvalue weighted by Gasteiger charge is 2.24. The minimum atomic E-state index is -0.317. The minimum Gasteiger partial charge on any atom is -0.496 e. The number of aryl methyl sites for hydroxylation is 1. The summed E-state index contributed by atoms with van der Waals surface area (Å²) in [5, 5.41) is 7.53. The van der Waals surface area contributed by atoms with Gasteiger partial charge in [-0.1, -0.05) is 48.0 Å². The Morgan fingerprint density at radius 3 is 2.35 bits per heavy atom. The molecule has 0 fully saturated rings. The maximum atomic E-state index is 13.5. The molecule has 0 atom stereocenters. The molecule has 7 heteroatoms. The van der Waals surface area contributed by atoms with Crippen molar-refractivity contribution < 1.29 is 14.3 Å². The molecular formula is C27H26N4O3. The topological polar surface area (TPSA) is 76.5 Å². The number of nitrogens with one attached hydrogen (secondary N) is 1. The Morgan fingerprint density at radius 2 is 1.65 bits per heavy atom. The van der Waals surface area contributed by atoms with Crippen LogP contribution in [0.5, 0.6) is 5.75 Å². The largest absolute Gasteiger partial charge is 0.496 e. The second kappa shape index (κ2) is 10.0. The van der Waals surface area contributed by atoms with Crippen LogP contribution in [0.4, 0.5) is 5.69 Å². The Morgan fingerprint density at radius 1 is 0.971 bits per heavy atom. The zero-order valence-electron chi connectivity index (χ0n) is 19.4. The third-order valence-corrected chi connectivity index (χ3v) is 5.39. The number of carbonyl (C=O) groups excluding carboxylic acids is 2. The molecule has 4 rings (SSSR count). The van der Waals surface area contributed by atoms with E-state index in [2.05, 4.69) is 5.32 Å². The van der Waals surface area contributed by atoms with Crippen molar-refractivity contribution in [3.63, 3.8) is 0 Å². The fraction of sp³-hybridized carbons (Fsp3) is 0.148. The molecule has 1 N–H and O–H groups in total. The SMILES string of the molecule is COc1ccccc1-c1nn(-c2ccccc2)cc1C(=O)N(C)CC(=O)Nc1ccc(C)cc1. The first-order chi connectivity index (χ1) is 16.5. The number of hydrogen-bond donors (Lipinski definition) is 1. The summed E-state index contributed by atoms with van der Waals surface area (Å²) in [4.78, 5) is 27.4. The second-order valence-corrected chi connectivity index (χ2v) is 7.95. The third-order valence-electron chi connectivity index (χ3n) is 5.39. The van der Waals surface area contributed by atoms with E-state index in [0.717, 1.165) is 11.3 Å². The van der Waals surface area contributed by atoms with Gasteiger partial charge in [-0.25, -0.2) is 4.68 Å². The summed E-state index contributed by atoms with van der Waals surface area (Å²) in [7, 11) is 3.18. The number of methoxy groups -OCH3 is 1. The highest BCUT2D eigenvalue weighted by Crippen LogP contribution is 2.32. The molecule has 0 aliphatic heterocycles. The van der Waals surface area contributed by atoms with E-state index in [-0.39, 0.29) is 18.4 Å². The van der Waals surface area contributed by atoms with Crippen molar-refractivity contribution in [3.8, 4) is 22.7 Å². The van der Waals surface area contributed by atoms with Gasteiger partial charge in [-0.15, -0.1) is 0 Å². The second-order valence-electron chi connectivity index (χ2n) is 7.95. The van der Waals surface area contributed by atoms with Gasteiger partial charge < -0.3 is 15.0 Å². The summed E-state index contributed by atoms with van der Waals surface area (Å²) in [5.41, 5.74) is 4.15. The van der Waals surface area contributed by atoms with Crippen LogP contribution in [0.1, 0.15) is 15.9 Å². The van der Waals surface area contributed by atoms with Gasteiger partial charge in [-0.3, -0.25) is 9.59 Å². The number of amides is 2. The maximum absolute atomic E-state index is 13.5. The number of anilines is 1. The van der Waals surface area contributed by atoms with E-state index in [1.165, 1.54) is 4.90 Å². The van der Waals surface area contributed by atoms with Gasteiger partial charge in [-0.05, 0) is 43.3 Å². The first kappa shape index (κ1) is 22.8. The van der Waals surface area contributed by atoms with Crippen LogP contribution in [-0.2, 0) is 4.79 Å². The van der Waals surface area contributed by atoms with Crippen LogP contribution in [0.3, 0.4) is 0 Å². The lowest BCUT2D eigenvalue weighted by Crippen LogP contribution is -2.35. The Balaban J connectivity index is 1.63. The van der Waals surface area contributed by atoms with Crippen LogP contribution in [0.2, 0.25) is 0 Å². The molecule has 0 spiro atoms. The molecule has 7 nitrogen and oxygen atoms in total. The van der Waals surface area contributed by atoms with Gasteiger partial charge in [0.05, 0.1) is 24.9 Å². The number of benzene rings is 3. The number of hydrogen-bond acceptors (Lipinski definition) is 4. The molecule has 0 unspecified atom stereocenters. The van der Waals surface area contributed by atoms with Crippen molar-refractivity contribution in [3.05, 3.63) is 96.2 Å². The third kappa shape index (κ3) is 4.99. The van der Waals surface area contributed by atoms with Crippen molar-refractivity contribution >= 4 is 17.5 Å². The lowest BCUT2D eigenvalue weighted by Gasteiger charge is -2.17. The van der Waals surface area contributed by atoms with E-state index in [4.69, 9.17) is 9.84 Å². The van der Waals surface area contributed by atoms with Crippen LogP contribution in [0, 0.1) is 6.92 Å². The van der Waals surface area contributed by atoms with E-state index >= 15 is 0 Å². The number of carbonyl (C=O) groups is 2. The van der Waals surface area contributed by atoms with Gasteiger partial charge in [0.25, 0.3) is 5.91 Å². The average molecular weight is 455 g/mol. The summed E-state index contributed by atoms with van der Waals surface area (Å²) in [6.07, 6.45) is 1.69. The molecule has 2 amide bonds. The van der Waals surface area contributed by atoms with Crippen molar-refractivity contribution in [2.45, 2.75) is 6.92 Å². The van der Waals surface area contributed by atoms with Gasteiger partial charge in [0.2, 0.25) is 5.91 Å². The molecule has 1 aromatic heterocycles. The summed E-state index contributed by atoms with van der Waals surface area (Å²) >= 11 is 0. The minimum absolute atomic E-state index is 0.103. The number of aromatic nitrogens is 2. The predicted molar refractivity (Wildman–Crippen MR) is 132 cm³/mol. The van der Waals surface area contributed by atoms with Gasteiger partial charge in [0, 0.05) is 24.5 Å². The van der Waals surface area contributed by atoms with Gasteiger partial charge in [0.1, 0.15) is 11.4 Å². The van der Waals surface area contributed by atoms with Gasteiger partial charge in [0.15, 0.2) is 0 Å². The lowest BCUT2D eigenvalue weighted by molar-refractivity contribution is -0.116. The average Bonchev–Trinajstić information content (AvgIpc) is 3.30. The molecule has 0 aliphatic rings. The zero-order chi connectivity index (χ0) is 24.1. The lowest BCUT2D eigenvalue weighted by atomic mass is 10.1. The van der Waals surface area contributed by atoms with Crippen molar-refractivity contribution in [2.24, 2.45) is 0 Å². The number of para-hydroxylation sites is 2. The fourth-order valence-electron chi connectivity index (χ4n) is 3.61. The number of likely N-dealkylation sites (N-methyl/N-ethyl adjacent to an activating group) is 1. The van der Waals surface area contributed by atoms with Crippen LogP contribution in [0.25, 0.3) is 16.9 Å². The van der Waals surface area contributed by atoms with Crippen LogP contribution < -0.4 is 10.1 Å². The maximum Gasteiger partial charge on any atom is 0.257 e. The molecule has 172 valence electrons. The Labute approximate surface area is 198 Å². The summed E-state index contributed by atoms with van der Waals surface area (Å²) in [5.74, 6) is 0.00534. The van der Waals surface area contributed by atoms with Crippen molar-refractivity contribution in [1.82, 2.24) is 14.7 Å². The van der Waals surface area contributed by atoms with E-state index in [1.54, 1.807) is 25.0 Å². The normalized spacial score (nSPS) is 10.6. The highest BCUT2D eigenvalue weighted by atomic mass is 16.5. The molecule has 0 radical (unpaired) electrons. The fourth-order valence-corrected chi connectivity index (χ4v) is 3.61. The summed E-state index contributed by atoms with van der Waals surface area (Å²) < 4.78 is 7.17. The van der Waals surface area contributed by atoms with Crippen LogP contribution in [0.15, 0.2) is 85.1 Å². The van der Waals surface area contributed by atoms with Crippen molar-refractivity contribution in [2.75, 3.05) is 26.0 Å². The molecule has 0 saturated carbocycles. The predicted octanol–water partition coefficient (Wildman–Crippen LogP) is 4.57.